The molecule has 1 amide bonds. The maximum Gasteiger partial charge on any atom is 0.255 e. The van der Waals surface area contributed by atoms with Crippen LogP contribution in [-0.2, 0) is 4.74 Å². The van der Waals surface area contributed by atoms with Crippen LogP contribution in [0.4, 0.5) is 0 Å². The first-order valence-electron chi connectivity index (χ1n) is 9.39. The van der Waals surface area contributed by atoms with E-state index < -0.39 is 0 Å². The Kier molecular flexibility index (Phi) is 5.42. The van der Waals surface area contributed by atoms with Crippen LogP contribution in [0.25, 0.3) is 5.65 Å². The summed E-state index contributed by atoms with van der Waals surface area (Å²) >= 11 is 0. The standard InChI is InChI=1S/C20H29N3O2/c1-5-15(4)25-17-8-6-16(7-9-17)22-20(24)18-10-11-23-14(3)12-13(2)21-19(18)23/h10-12,15-17H,5-9H2,1-4H3,(H,22,24)/t15-,16-,17-/m1/s1. The lowest BCUT2D eigenvalue weighted by molar-refractivity contribution is -0.0257. The van der Waals surface area contributed by atoms with Gasteiger partial charge in [-0.3, -0.25) is 4.79 Å². The van der Waals surface area contributed by atoms with Gasteiger partial charge in [0.1, 0.15) is 5.65 Å². The Labute approximate surface area is 149 Å². The molecule has 5 nitrogen and oxygen atoms in total. The molecule has 1 N–H and O–H groups in total. The summed E-state index contributed by atoms with van der Waals surface area (Å²) in [5.41, 5.74) is 3.42. The lowest BCUT2D eigenvalue weighted by Crippen LogP contribution is -2.39. The summed E-state index contributed by atoms with van der Waals surface area (Å²) in [5.74, 6) is -0.0219. The normalized spacial score (nSPS) is 22.1. The largest absolute Gasteiger partial charge is 0.375 e. The first kappa shape index (κ1) is 17.9. The quantitative estimate of drug-likeness (QED) is 0.898. The molecule has 0 aliphatic heterocycles. The highest BCUT2D eigenvalue weighted by atomic mass is 16.5. The van der Waals surface area contributed by atoms with Crippen LogP contribution in [0.15, 0.2) is 18.3 Å². The Morgan fingerprint density at radius 1 is 1.36 bits per heavy atom. The molecule has 136 valence electrons. The van der Waals surface area contributed by atoms with Crippen molar-refractivity contribution in [2.75, 3.05) is 0 Å². The Morgan fingerprint density at radius 3 is 2.76 bits per heavy atom. The summed E-state index contributed by atoms with van der Waals surface area (Å²) in [6, 6.07) is 4.11. The van der Waals surface area contributed by atoms with E-state index in [-0.39, 0.29) is 11.9 Å². The number of ether oxygens (including phenoxy) is 1. The lowest BCUT2D eigenvalue weighted by Gasteiger charge is -2.30. The summed E-state index contributed by atoms with van der Waals surface area (Å²) in [6.07, 6.45) is 7.61. The van der Waals surface area contributed by atoms with E-state index in [4.69, 9.17) is 4.74 Å². The Bertz CT molecular complexity index is 745. The monoisotopic (exact) mass is 343 g/mol. The first-order valence-corrected chi connectivity index (χ1v) is 9.39. The van der Waals surface area contributed by atoms with Crippen molar-refractivity contribution >= 4 is 11.6 Å². The Balaban J connectivity index is 1.62. The number of nitrogens with zero attached hydrogens (tertiary/aromatic N) is 2. The second-order valence-electron chi connectivity index (χ2n) is 7.26. The third kappa shape index (κ3) is 4.03. The minimum atomic E-state index is -0.0219. The molecule has 0 bridgehead atoms. The number of amides is 1. The fourth-order valence-electron chi connectivity index (χ4n) is 3.60. The predicted octanol–water partition coefficient (Wildman–Crippen LogP) is 3.81. The van der Waals surface area contributed by atoms with Crippen LogP contribution < -0.4 is 5.32 Å². The highest BCUT2D eigenvalue weighted by Gasteiger charge is 2.25. The number of carbonyl (C=O) groups is 1. The van der Waals surface area contributed by atoms with Gasteiger partial charge < -0.3 is 14.5 Å². The van der Waals surface area contributed by atoms with Crippen molar-refractivity contribution in [3.05, 3.63) is 35.3 Å². The van der Waals surface area contributed by atoms with Crippen LogP contribution in [0.2, 0.25) is 0 Å². The van der Waals surface area contributed by atoms with Crippen LogP contribution >= 0.6 is 0 Å². The van der Waals surface area contributed by atoms with Gasteiger partial charge in [-0.25, -0.2) is 4.98 Å². The summed E-state index contributed by atoms with van der Waals surface area (Å²) in [6.45, 7) is 8.27. The molecule has 1 aliphatic carbocycles. The lowest BCUT2D eigenvalue weighted by atomic mass is 9.92. The molecule has 5 heteroatoms. The number of nitrogens with one attached hydrogen (secondary N) is 1. The van der Waals surface area contributed by atoms with Crippen LogP contribution in [0.5, 0.6) is 0 Å². The zero-order valence-corrected chi connectivity index (χ0v) is 15.7. The third-order valence-corrected chi connectivity index (χ3v) is 5.19. The zero-order valence-electron chi connectivity index (χ0n) is 15.7. The summed E-state index contributed by atoms with van der Waals surface area (Å²) in [7, 11) is 0. The predicted molar refractivity (Wildman–Crippen MR) is 99.0 cm³/mol. The van der Waals surface area contributed by atoms with Crippen LogP contribution in [0, 0.1) is 13.8 Å². The minimum absolute atomic E-state index is 0.0219. The second kappa shape index (κ2) is 7.56. The van der Waals surface area contributed by atoms with E-state index in [2.05, 4.69) is 24.1 Å². The van der Waals surface area contributed by atoms with Crippen LogP contribution in [0.3, 0.4) is 0 Å². The van der Waals surface area contributed by atoms with Crippen molar-refractivity contribution < 1.29 is 9.53 Å². The molecule has 1 atom stereocenters. The average molecular weight is 343 g/mol. The number of aromatic nitrogens is 2. The van der Waals surface area contributed by atoms with Gasteiger partial charge >= 0.3 is 0 Å². The fourth-order valence-corrected chi connectivity index (χ4v) is 3.60. The molecular formula is C20H29N3O2. The first-order chi connectivity index (χ1) is 12.0. The van der Waals surface area contributed by atoms with Gasteiger partial charge in [0, 0.05) is 23.6 Å². The highest BCUT2D eigenvalue weighted by Crippen LogP contribution is 2.23. The van der Waals surface area contributed by atoms with Gasteiger partial charge in [0.25, 0.3) is 5.91 Å². The van der Waals surface area contributed by atoms with Crippen molar-refractivity contribution in [3.8, 4) is 0 Å². The molecule has 1 saturated carbocycles. The Morgan fingerprint density at radius 2 is 2.08 bits per heavy atom. The molecular weight excluding hydrogens is 314 g/mol. The molecule has 2 aromatic rings. The number of rotatable bonds is 5. The van der Waals surface area contributed by atoms with E-state index in [0.717, 1.165) is 49.1 Å². The smallest absolute Gasteiger partial charge is 0.255 e. The van der Waals surface area contributed by atoms with Gasteiger partial charge in [-0.15, -0.1) is 0 Å². The van der Waals surface area contributed by atoms with E-state index >= 15 is 0 Å². The van der Waals surface area contributed by atoms with Crippen molar-refractivity contribution in [3.63, 3.8) is 0 Å². The van der Waals surface area contributed by atoms with E-state index in [9.17, 15) is 4.79 Å². The fraction of sp³-hybridized carbons (Fsp3) is 0.600. The maximum absolute atomic E-state index is 12.7. The molecule has 2 aromatic heterocycles. The number of carbonyl (C=O) groups excluding carboxylic acids is 1. The van der Waals surface area contributed by atoms with Gasteiger partial charge in [-0.1, -0.05) is 6.92 Å². The van der Waals surface area contributed by atoms with E-state index in [1.54, 1.807) is 0 Å². The van der Waals surface area contributed by atoms with Crippen LogP contribution in [-0.4, -0.2) is 33.5 Å². The average Bonchev–Trinajstić information content (AvgIpc) is 3.00. The van der Waals surface area contributed by atoms with Crippen molar-refractivity contribution in [1.82, 2.24) is 14.7 Å². The molecule has 1 aliphatic rings. The number of fused-ring (bicyclic) bond motifs is 1. The summed E-state index contributed by atoms with van der Waals surface area (Å²) in [5, 5.41) is 3.19. The van der Waals surface area contributed by atoms with E-state index in [1.165, 1.54) is 0 Å². The summed E-state index contributed by atoms with van der Waals surface area (Å²) < 4.78 is 7.99. The number of hydrogen-bond donors (Lipinski definition) is 1. The van der Waals surface area contributed by atoms with E-state index in [0.29, 0.717) is 17.8 Å². The second-order valence-corrected chi connectivity index (χ2v) is 7.26. The zero-order chi connectivity index (χ0) is 18.0. The molecule has 2 heterocycles. The summed E-state index contributed by atoms with van der Waals surface area (Å²) in [4.78, 5) is 17.3. The van der Waals surface area contributed by atoms with Gasteiger partial charge in [-0.2, -0.15) is 0 Å². The van der Waals surface area contributed by atoms with Gasteiger partial charge in [0.15, 0.2) is 0 Å². The topological polar surface area (TPSA) is 55.6 Å². The minimum Gasteiger partial charge on any atom is -0.375 e. The molecule has 1 fully saturated rings. The van der Waals surface area contributed by atoms with Gasteiger partial charge in [0.05, 0.1) is 17.8 Å². The van der Waals surface area contributed by atoms with E-state index in [1.807, 2.05) is 36.6 Å². The molecule has 0 aromatic carbocycles. The van der Waals surface area contributed by atoms with Crippen molar-refractivity contribution in [2.45, 2.75) is 78.0 Å². The van der Waals surface area contributed by atoms with Crippen molar-refractivity contribution in [2.24, 2.45) is 0 Å². The molecule has 0 saturated heterocycles. The number of aryl methyl sites for hydroxylation is 2. The Hall–Kier alpha value is -1.88. The molecule has 25 heavy (non-hydrogen) atoms. The van der Waals surface area contributed by atoms with Crippen LogP contribution in [0.1, 0.15) is 67.7 Å². The highest BCUT2D eigenvalue weighted by molar-refractivity contribution is 6.00. The third-order valence-electron chi connectivity index (χ3n) is 5.19. The van der Waals surface area contributed by atoms with Gasteiger partial charge in [-0.05, 0) is 65.0 Å². The molecule has 0 spiro atoms. The van der Waals surface area contributed by atoms with Gasteiger partial charge in [0.2, 0.25) is 0 Å². The maximum atomic E-state index is 12.7. The number of hydrogen-bond acceptors (Lipinski definition) is 3. The van der Waals surface area contributed by atoms with Crippen molar-refractivity contribution in [1.29, 1.82) is 0 Å². The molecule has 0 unspecified atom stereocenters. The molecule has 3 rings (SSSR count). The SMILES string of the molecule is CC[C@@H](C)O[C@H]1CC[C@H](NC(=O)c2ccn3c(C)cc(C)nc23)CC1. The molecule has 0 radical (unpaired) electrons.